The van der Waals surface area contributed by atoms with Crippen molar-refractivity contribution in [3.8, 4) is 0 Å². The van der Waals surface area contributed by atoms with Crippen LogP contribution >= 0.6 is 0 Å². The lowest BCUT2D eigenvalue weighted by Crippen LogP contribution is -2.43. The topological polar surface area (TPSA) is 15.3 Å². The van der Waals surface area contributed by atoms with Crippen molar-refractivity contribution < 1.29 is 0 Å². The van der Waals surface area contributed by atoms with Gasteiger partial charge < -0.3 is 10.2 Å². The van der Waals surface area contributed by atoms with Crippen molar-refractivity contribution in [1.29, 1.82) is 0 Å². The molecule has 0 aromatic carbocycles. The van der Waals surface area contributed by atoms with Crippen LogP contribution in [0, 0.1) is 11.8 Å². The van der Waals surface area contributed by atoms with E-state index in [1.54, 1.807) is 0 Å². The van der Waals surface area contributed by atoms with E-state index in [2.05, 4.69) is 51.8 Å². The van der Waals surface area contributed by atoms with Crippen LogP contribution in [0.2, 0.25) is 0 Å². The van der Waals surface area contributed by atoms with E-state index in [9.17, 15) is 0 Å². The molecule has 0 radical (unpaired) electrons. The molecule has 0 amide bonds. The van der Waals surface area contributed by atoms with Gasteiger partial charge in [0.1, 0.15) is 0 Å². The molecule has 0 aliphatic rings. The summed E-state index contributed by atoms with van der Waals surface area (Å²) in [6, 6.07) is 0.674. The van der Waals surface area contributed by atoms with E-state index in [1.807, 2.05) is 0 Å². The number of hydrogen-bond donors (Lipinski definition) is 1. The summed E-state index contributed by atoms with van der Waals surface area (Å²) in [5.74, 6) is 1.52. The molecule has 0 heterocycles. The van der Waals surface area contributed by atoms with Gasteiger partial charge in [0.2, 0.25) is 0 Å². The molecule has 0 aromatic heterocycles. The minimum absolute atomic E-state index is 0.674. The quantitative estimate of drug-likeness (QED) is 0.605. The first kappa shape index (κ1) is 17.9. The maximum absolute atomic E-state index is 3.71. The maximum atomic E-state index is 3.71. The molecule has 0 bridgehead atoms. The largest absolute Gasteiger partial charge is 0.313 e. The summed E-state index contributed by atoms with van der Waals surface area (Å²) < 4.78 is 0. The summed E-state index contributed by atoms with van der Waals surface area (Å²) in [6.07, 6.45) is 3.81. The van der Waals surface area contributed by atoms with Crippen LogP contribution in [0.3, 0.4) is 0 Å². The van der Waals surface area contributed by atoms with Crippen LogP contribution in [0.1, 0.15) is 60.8 Å². The summed E-state index contributed by atoms with van der Waals surface area (Å²) in [5.41, 5.74) is 0. The minimum Gasteiger partial charge on any atom is -0.313 e. The molecule has 1 unspecified atom stereocenters. The molecular weight excluding hydrogens is 220 g/mol. The third-order valence-corrected chi connectivity index (χ3v) is 3.05. The molecule has 0 fully saturated rings. The third-order valence-electron chi connectivity index (χ3n) is 3.05. The lowest BCUT2D eigenvalue weighted by atomic mass is 10.1. The monoisotopic (exact) mass is 256 g/mol. The van der Waals surface area contributed by atoms with Crippen molar-refractivity contribution in [3.63, 3.8) is 0 Å². The fourth-order valence-corrected chi connectivity index (χ4v) is 2.52. The zero-order chi connectivity index (χ0) is 14.0. The van der Waals surface area contributed by atoms with Crippen molar-refractivity contribution >= 4 is 0 Å². The van der Waals surface area contributed by atoms with Gasteiger partial charge in [0.25, 0.3) is 0 Å². The molecule has 0 aromatic rings. The first-order chi connectivity index (χ1) is 8.49. The van der Waals surface area contributed by atoms with E-state index in [-0.39, 0.29) is 0 Å². The predicted octanol–water partition coefficient (Wildman–Crippen LogP) is 3.77. The van der Waals surface area contributed by atoms with E-state index >= 15 is 0 Å². The van der Waals surface area contributed by atoms with Crippen molar-refractivity contribution in [1.82, 2.24) is 10.2 Å². The maximum Gasteiger partial charge on any atom is 0.0194 e. The Morgan fingerprint density at radius 3 is 1.78 bits per heavy atom. The third kappa shape index (κ3) is 9.90. The number of rotatable bonds is 11. The molecule has 0 aliphatic heterocycles. The van der Waals surface area contributed by atoms with Gasteiger partial charge in [0, 0.05) is 25.7 Å². The van der Waals surface area contributed by atoms with Crippen LogP contribution in [-0.4, -0.2) is 37.1 Å². The standard InChI is InChI=1S/C16H36N2/c1-7-9-16(17-10-8-2)13-18(11-14(3)4)12-15(5)6/h14-17H,7-13H2,1-6H3. The van der Waals surface area contributed by atoms with E-state index < -0.39 is 0 Å². The van der Waals surface area contributed by atoms with Gasteiger partial charge in [-0.3, -0.25) is 0 Å². The van der Waals surface area contributed by atoms with Gasteiger partial charge in [0.05, 0.1) is 0 Å². The number of nitrogens with one attached hydrogen (secondary N) is 1. The Hall–Kier alpha value is -0.0800. The molecule has 0 rings (SSSR count). The van der Waals surface area contributed by atoms with Crippen LogP contribution < -0.4 is 5.32 Å². The second-order valence-corrected chi connectivity index (χ2v) is 6.45. The summed E-state index contributed by atoms with van der Waals surface area (Å²) in [5, 5.41) is 3.71. The zero-order valence-corrected chi connectivity index (χ0v) is 13.6. The molecule has 0 spiro atoms. The number of nitrogens with zero attached hydrogens (tertiary/aromatic N) is 1. The summed E-state index contributed by atoms with van der Waals surface area (Å²) in [7, 11) is 0. The molecule has 0 saturated carbocycles. The molecule has 0 saturated heterocycles. The second-order valence-electron chi connectivity index (χ2n) is 6.45. The number of hydrogen-bond acceptors (Lipinski definition) is 2. The molecule has 1 atom stereocenters. The highest BCUT2D eigenvalue weighted by Crippen LogP contribution is 2.07. The van der Waals surface area contributed by atoms with Crippen LogP contribution in [-0.2, 0) is 0 Å². The first-order valence-corrected chi connectivity index (χ1v) is 7.95. The second kappa shape index (κ2) is 10.8. The Morgan fingerprint density at radius 2 is 1.39 bits per heavy atom. The van der Waals surface area contributed by atoms with Gasteiger partial charge in [0.15, 0.2) is 0 Å². The summed E-state index contributed by atoms with van der Waals surface area (Å²) >= 11 is 0. The molecular formula is C16H36N2. The Bertz CT molecular complexity index is 168. The Morgan fingerprint density at radius 1 is 0.833 bits per heavy atom. The Balaban J connectivity index is 4.27. The fourth-order valence-electron chi connectivity index (χ4n) is 2.52. The van der Waals surface area contributed by atoms with Gasteiger partial charge >= 0.3 is 0 Å². The van der Waals surface area contributed by atoms with E-state index in [0.717, 1.165) is 18.4 Å². The predicted molar refractivity (Wildman–Crippen MR) is 83.1 cm³/mol. The van der Waals surface area contributed by atoms with Gasteiger partial charge in [-0.25, -0.2) is 0 Å². The minimum atomic E-state index is 0.674. The molecule has 2 nitrogen and oxygen atoms in total. The highest BCUT2D eigenvalue weighted by molar-refractivity contribution is 4.73. The Kier molecular flexibility index (Phi) is 10.8. The highest BCUT2D eigenvalue weighted by atomic mass is 15.1. The normalized spacial score (nSPS) is 13.8. The molecule has 110 valence electrons. The van der Waals surface area contributed by atoms with Crippen molar-refractivity contribution in [2.75, 3.05) is 26.2 Å². The first-order valence-electron chi connectivity index (χ1n) is 7.95. The van der Waals surface area contributed by atoms with Crippen LogP contribution in [0.25, 0.3) is 0 Å². The van der Waals surface area contributed by atoms with E-state index in [4.69, 9.17) is 0 Å². The highest BCUT2D eigenvalue weighted by Gasteiger charge is 2.15. The zero-order valence-electron chi connectivity index (χ0n) is 13.6. The molecule has 1 N–H and O–H groups in total. The molecule has 0 aliphatic carbocycles. The summed E-state index contributed by atoms with van der Waals surface area (Å²) in [6.45, 7) is 18.6. The van der Waals surface area contributed by atoms with Crippen molar-refractivity contribution in [3.05, 3.63) is 0 Å². The SMILES string of the molecule is CCCNC(CCC)CN(CC(C)C)CC(C)C. The van der Waals surface area contributed by atoms with Gasteiger partial charge in [-0.15, -0.1) is 0 Å². The van der Waals surface area contributed by atoms with Gasteiger partial charge in [-0.05, 0) is 31.2 Å². The van der Waals surface area contributed by atoms with Crippen LogP contribution in [0.5, 0.6) is 0 Å². The fraction of sp³-hybridized carbons (Fsp3) is 1.00. The van der Waals surface area contributed by atoms with Gasteiger partial charge in [-0.2, -0.15) is 0 Å². The lowest BCUT2D eigenvalue weighted by molar-refractivity contribution is 0.193. The van der Waals surface area contributed by atoms with Crippen LogP contribution in [0.15, 0.2) is 0 Å². The van der Waals surface area contributed by atoms with E-state index in [1.165, 1.54) is 38.9 Å². The average molecular weight is 256 g/mol. The average Bonchev–Trinajstić information content (AvgIpc) is 2.24. The lowest BCUT2D eigenvalue weighted by Gasteiger charge is -2.30. The molecule has 18 heavy (non-hydrogen) atoms. The molecule has 2 heteroatoms. The van der Waals surface area contributed by atoms with E-state index in [0.29, 0.717) is 6.04 Å². The summed E-state index contributed by atoms with van der Waals surface area (Å²) in [4.78, 5) is 2.65. The van der Waals surface area contributed by atoms with Crippen LogP contribution in [0.4, 0.5) is 0 Å². The van der Waals surface area contributed by atoms with Crippen molar-refractivity contribution in [2.45, 2.75) is 66.8 Å². The smallest absolute Gasteiger partial charge is 0.0194 e. The van der Waals surface area contributed by atoms with Gasteiger partial charge in [-0.1, -0.05) is 48.0 Å². The Labute approximate surface area is 116 Å². The van der Waals surface area contributed by atoms with Crippen molar-refractivity contribution in [2.24, 2.45) is 11.8 Å².